The van der Waals surface area contributed by atoms with Crippen LogP contribution in [0, 0.1) is 0 Å². The van der Waals surface area contributed by atoms with Gasteiger partial charge in [-0.1, -0.05) is 18.2 Å². The molecule has 23 heavy (non-hydrogen) atoms. The number of hydrogen-bond acceptors (Lipinski definition) is 5. The van der Waals surface area contributed by atoms with E-state index in [-0.39, 0.29) is 6.04 Å². The highest BCUT2D eigenvalue weighted by molar-refractivity contribution is 5.64. The molecule has 0 amide bonds. The summed E-state index contributed by atoms with van der Waals surface area (Å²) in [5, 5.41) is 22.3. The van der Waals surface area contributed by atoms with Gasteiger partial charge in [-0.3, -0.25) is 4.90 Å². The number of benzene rings is 1. The Morgan fingerprint density at radius 3 is 3.00 bits per heavy atom. The van der Waals surface area contributed by atoms with Crippen molar-refractivity contribution in [2.24, 2.45) is 0 Å². The van der Waals surface area contributed by atoms with Crippen LogP contribution in [0.25, 0.3) is 0 Å². The number of aliphatic hydroxyl groups is 2. The Hall–Kier alpha value is -1.56. The van der Waals surface area contributed by atoms with E-state index in [1.807, 2.05) is 12.1 Å². The molecule has 5 atom stereocenters. The molecule has 1 fully saturated rings. The first-order chi connectivity index (χ1) is 11.0. The van der Waals surface area contributed by atoms with Crippen LogP contribution in [0.15, 0.2) is 24.3 Å². The molecular weight excluding hydrogens is 294 g/mol. The number of likely N-dealkylation sites (N-methyl/N-ethyl adjacent to an activating group) is 1. The Balaban J connectivity index is 1.87. The number of ether oxygens (including phenoxy) is 2. The van der Waals surface area contributed by atoms with Crippen molar-refractivity contribution >= 4 is 0 Å². The van der Waals surface area contributed by atoms with Crippen LogP contribution in [0.3, 0.4) is 0 Å². The summed E-state index contributed by atoms with van der Waals surface area (Å²) in [6.45, 7) is 0.878. The van der Waals surface area contributed by atoms with Gasteiger partial charge in [0.1, 0.15) is 17.8 Å². The molecule has 1 spiro atoms. The largest absolute Gasteiger partial charge is 0.493 e. The number of hydrogen-bond donors (Lipinski definition) is 2. The Kier molecular flexibility index (Phi) is 2.46. The predicted molar refractivity (Wildman–Crippen MR) is 83.9 cm³/mol. The van der Waals surface area contributed by atoms with Crippen molar-refractivity contribution in [3.63, 3.8) is 0 Å². The maximum atomic E-state index is 11.7. The molecule has 0 radical (unpaired) electrons. The van der Waals surface area contributed by atoms with E-state index >= 15 is 0 Å². The van der Waals surface area contributed by atoms with Crippen LogP contribution in [-0.4, -0.2) is 59.7 Å². The number of likely N-dealkylation sites (tertiary alicyclic amines) is 1. The molecule has 4 aliphatic rings. The van der Waals surface area contributed by atoms with Gasteiger partial charge in [0.25, 0.3) is 0 Å². The second kappa shape index (κ2) is 4.09. The Bertz CT molecular complexity index is 732. The van der Waals surface area contributed by atoms with Gasteiger partial charge in [0, 0.05) is 11.6 Å². The third kappa shape index (κ3) is 1.32. The maximum absolute atomic E-state index is 11.7. The lowest BCUT2D eigenvalue weighted by molar-refractivity contribution is -0.151. The molecule has 2 aliphatic heterocycles. The highest BCUT2D eigenvalue weighted by atomic mass is 16.5. The zero-order chi connectivity index (χ0) is 16.0. The molecule has 1 aromatic rings. The summed E-state index contributed by atoms with van der Waals surface area (Å²) in [6, 6.07) is 4.02. The van der Waals surface area contributed by atoms with E-state index in [0.29, 0.717) is 11.5 Å². The topological polar surface area (TPSA) is 62.2 Å². The molecule has 2 heterocycles. The summed E-state index contributed by atoms with van der Waals surface area (Å²) < 4.78 is 11.7. The van der Waals surface area contributed by atoms with Crippen LogP contribution in [0.2, 0.25) is 0 Å². The summed E-state index contributed by atoms with van der Waals surface area (Å²) in [4.78, 5) is 2.23. The smallest absolute Gasteiger partial charge is 0.166 e. The molecule has 5 rings (SSSR count). The molecule has 0 saturated carbocycles. The van der Waals surface area contributed by atoms with Crippen molar-refractivity contribution in [3.8, 4) is 11.5 Å². The maximum Gasteiger partial charge on any atom is 0.166 e. The zero-order valence-corrected chi connectivity index (χ0v) is 13.3. The van der Waals surface area contributed by atoms with Crippen LogP contribution in [-0.2, 0) is 11.8 Å². The summed E-state index contributed by atoms with van der Waals surface area (Å²) in [5.41, 5.74) is 0.647. The van der Waals surface area contributed by atoms with Crippen molar-refractivity contribution in [2.45, 2.75) is 42.1 Å². The minimum absolute atomic E-state index is 0.00190. The lowest BCUT2D eigenvalue weighted by Crippen LogP contribution is -2.75. The van der Waals surface area contributed by atoms with Gasteiger partial charge in [0.15, 0.2) is 11.5 Å². The first kappa shape index (κ1) is 13.8. The van der Waals surface area contributed by atoms with Gasteiger partial charge in [0.2, 0.25) is 0 Å². The van der Waals surface area contributed by atoms with E-state index in [0.717, 1.165) is 24.9 Å². The number of aliphatic hydroxyl groups excluding tert-OH is 1. The molecule has 1 saturated heterocycles. The van der Waals surface area contributed by atoms with Gasteiger partial charge in [0.05, 0.1) is 12.5 Å². The van der Waals surface area contributed by atoms with E-state index in [9.17, 15) is 10.2 Å². The van der Waals surface area contributed by atoms with E-state index in [1.165, 1.54) is 5.56 Å². The van der Waals surface area contributed by atoms with Gasteiger partial charge in [-0.05, 0) is 38.1 Å². The van der Waals surface area contributed by atoms with Crippen molar-refractivity contribution < 1.29 is 19.7 Å². The summed E-state index contributed by atoms with van der Waals surface area (Å²) in [7, 11) is 3.69. The normalized spacial score (nSPS) is 43.0. The lowest BCUT2D eigenvalue weighted by Gasteiger charge is -2.61. The summed E-state index contributed by atoms with van der Waals surface area (Å²) in [5.74, 6) is 1.39. The fourth-order valence-electron chi connectivity index (χ4n) is 5.44. The Morgan fingerprint density at radius 2 is 2.22 bits per heavy atom. The molecule has 2 N–H and O–H groups in total. The SMILES string of the molecule is COc1ccc2c3c1O[C@H]1C(O)C=C[C@@]4(O)C(C2)N(C)CCC314. The standard InChI is InChI=1S/C18H21NO4/c1-19-8-7-17-14-10-3-4-12(22-2)15(14)23-16(17)11(20)5-6-18(17,21)13(19)9-10/h3-6,11,13,16,20-21H,7-9H2,1-2H3/t11?,13?,16-,17?,18+/m0/s1. The molecule has 1 aromatic carbocycles. The van der Waals surface area contributed by atoms with Gasteiger partial charge in [-0.25, -0.2) is 0 Å². The Morgan fingerprint density at radius 1 is 1.39 bits per heavy atom. The molecule has 2 bridgehead atoms. The first-order valence-corrected chi connectivity index (χ1v) is 8.20. The molecule has 3 unspecified atom stereocenters. The number of piperidine rings is 1. The second-order valence-electron chi connectivity index (χ2n) is 7.27. The van der Waals surface area contributed by atoms with E-state index in [2.05, 4.69) is 18.0 Å². The summed E-state index contributed by atoms with van der Waals surface area (Å²) in [6.07, 6.45) is 3.86. The molecule has 0 aromatic heterocycles. The highest BCUT2D eigenvalue weighted by Gasteiger charge is 2.71. The van der Waals surface area contributed by atoms with Crippen LogP contribution in [0.5, 0.6) is 11.5 Å². The number of rotatable bonds is 1. The average molecular weight is 315 g/mol. The van der Waals surface area contributed by atoms with Crippen LogP contribution >= 0.6 is 0 Å². The van der Waals surface area contributed by atoms with Crippen LogP contribution < -0.4 is 9.47 Å². The number of nitrogens with zero attached hydrogens (tertiary/aromatic N) is 1. The van der Waals surface area contributed by atoms with Gasteiger partial charge >= 0.3 is 0 Å². The quantitative estimate of drug-likeness (QED) is 0.744. The van der Waals surface area contributed by atoms with E-state index in [1.54, 1.807) is 13.2 Å². The third-order valence-corrected chi connectivity index (χ3v) is 6.49. The highest BCUT2D eigenvalue weighted by Crippen LogP contribution is 2.63. The Labute approximate surface area is 135 Å². The fourth-order valence-corrected chi connectivity index (χ4v) is 5.44. The van der Waals surface area contributed by atoms with Crippen LogP contribution in [0.1, 0.15) is 17.5 Å². The van der Waals surface area contributed by atoms with Crippen molar-refractivity contribution in [3.05, 3.63) is 35.4 Å². The average Bonchev–Trinajstić information content (AvgIpc) is 2.90. The minimum Gasteiger partial charge on any atom is -0.493 e. The second-order valence-corrected chi connectivity index (χ2v) is 7.27. The zero-order valence-electron chi connectivity index (χ0n) is 13.3. The molecule has 2 aliphatic carbocycles. The van der Waals surface area contributed by atoms with Crippen molar-refractivity contribution in [2.75, 3.05) is 20.7 Å². The summed E-state index contributed by atoms with van der Waals surface area (Å²) >= 11 is 0. The molecule has 5 heteroatoms. The third-order valence-electron chi connectivity index (χ3n) is 6.49. The minimum atomic E-state index is -1.02. The monoisotopic (exact) mass is 315 g/mol. The van der Waals surface area contributed by atoms with E-state index in [4.69, 9.17) is 9.47 Å². The van der Waals surface area contributed by atoms with Crippen molar-refractivity contribution in [1.29, 1.82) is 0 Å². The van der Waals surface area contributed by atoms with Crippen molar-refractivity contribution in [1.82, 2.24) is 4.90 Å². The number of methoxy groups -OCH3 is 1. The van der Waals surface area contributed by atoms with Crippen LogP contribution in [0.4, 0.5) is 0 Å². The first-order valence-electron chi connectivity index (χ1n) is 8.20. The van der Waals surface area contributed by atoms with Gasteiger partial charge < -0.3 is 19.7 Å². The van der Waals surface area contributed by atoms with E-state index < -0.39 is 23.2 Å². The fraction of sp³-hybridized carbons (Fsp3) is 0.556. The lowest BCUT2D eigenvalue weighted by atomic mass is 9.50. The molecule has 122 valence electrons. The predicted octanol–water partition coefficient (Wildman–Crippen LogP) is 0.616. The van der Waals surface area contributed by atoms with Gasteiger partial charge in [-0.2, -0.15) is 0 Å². The molecular formula is C18H21NO4. The molecule has 5 nitrogen and oxygen atoms in total. The van der Waals surface area contributed by atoms with Gasteiger partial charge in [-0.15, -0.1) is 0 Å².